The van der Waals surface area contributed by atoms with E-state index in [1.165, 1.54) is 0 Å². The molecule has 0 aliphatic carbocycles. The van der Waals surface area contributed by atoms with Crippen LogP contribution in [0.3, 0.4) is 0 Å². The monoisotopic (exact) mass is 261 g/mol. The summed E-state index contributed by atoms with van der Waals surface area (Å²) in [6, 6.07) is 3.65. The summed E-state index contributed by atoms with van der Waals surface area (Å²) in [6.07, 6.45) is 2.29. The van der Waals surface area contributed by atoms with Crippen LogP contribution in [0.15, 0.2) is 30.7 Å². The minimum absolute atomic E-state index is 0.353. The molecule has 1 N–H and O–H groups in total. The Labute approximate surface area is 113 Å². The van der Waals surface area contributed by atoms with E-state index in [0.717, 1.165) is 25.2 Å². The molecule has 1 aromatic rings. The molecule has 5 heteroatoms. The van der Waals surface area contributed by atoms with Gasteiger partial charge in [0.2, 0.25) is 0 Å². The van der Waals surface area contributed by atoms with Gasteiger partial charge in [0.15, 0.2) is 0 Å². The average molecular weight is 261 g/mol. The van der Waals surface area contributed by atoms with Crippen molar-refractivity contribution in [3.8, 4) is 0 Å². The third kappa shape index (κ3) is 3.54. The Kier molecular flexibility index (Phi) is 4.16. The number of nitrogens with one attached hydrogen (secondary N) is 1. The Morgan fingerprint density at radius 2 is 2.42 bits per heavy atom. The van der Waals surface area contributed by atoms with Crippen LogP contribution in [0.1, 0.15) is 25.0 Å². The number of carbonyl (C=O) groups excluding carboxylic acids is 1. The summed E-state index contributed by atoms with van der Waals surface area (Å²) in [5, 5.41) is 2.73. The number of rotatable bonds is 3. The van der Waals surface area contributed by atoms with Gasteiger partial charge in [0.05, 0.1) is 17.1 Å². The molecule has 2 heterocycles. The Morgan fingerprint density at radius 1 is 1.63 bits per heavy atom. The predicted molar refractivity (Wildman–Crippen MR) is 74.0 cm³/mol. The highest BCUT2D eigenvalue weighted by Gasteiger charge is 2.25. The first-order chi connectivity index (χ1) is 9.06. The fourth-order valence-electron chi connectivity index (χ4n) is 2.30. The Bertz CT molecular complexity index is 487. The molecule has 1 atom stereocenters. The van der Waals surface area contributed by atoms with Crippen LogP contribution in [0.4, 0.5) is 10.5 Å². The van der Waals surface area contributed by atoms with Crippen molar-refractivity contribution in [1.82, 2.24) is 9.88 Å². The van der Waals surface area contributed by atoms with Crippen LogP contribution in [0.5, 0.6) is 0 Å². The standard InChI is InChI=1S/C14H19N3O2/c1-10(2)19-14(18)16-12-5-4-7-15-13(12)11-6-8-17(3)9-11/h4-5,7,11H,1,6,8-9H2,2-3H3,(H,16,18). The van der Waals surface area contributed by atoms with E-state index in [1.807, 2.05) is 6.07 Å². The van der Waals surface area contributed by atoms with Crippen molar-refractivity contribution in [2.75, 3.05) is 25.5 Å². The summed E-state index contributed by atoms with van der Waals surface area (Å²) in [5.41, 5.74) is 1.64. The number of likely N-dealkylation sites (tertiary alicyclic amines) is 1. The molecule has 1 amide bonds. The molecule has 0 aromatic carbocycles. The van der Waals surface area contributed by atoms with Crippen molar-refractivity contribution >= 4 is 11.8 Å². The summed E-state index contributed by atoms with van der Waals surface area (Å²) in [4.78, 5) is 18.3. The SMILES string of the molecule is C=C(C)OC(=O)Nc1cccnc1C1CCN(C)C1. The van der Waals surface area contributed by atoms with Crippen LogP contribution in [0.2, 0.25) is 0 Å². The molecular formula is C14H19N3O2. The second-order valence-corrected chi connectivity index (χ2v) is 4.90. The van der Waals surface area contributed by atoms with E-state index in [2.05, 4.69) is 28.8 Å². The van der Waals surface area contributed by atoms with E-state index in [0.29, 0.717) is 17.4 Å². The maximum atomic E-state index is 11.6. The van der Waals surface area contributed by atoms with E-state index in [9.17, 15) is 4.79 Å². The fourth-order valence-corrected chi connectivity index (χ4v) is 2.30. The van der Waals surface area contributed by atoms with Gasteiger partial charge in [-0.15, -0.1) is 0 Å². The third-order valence-corrected chi connectivity index (χ3v) is 3.12. The van der Waals surface area contributed by atoms with Gasteiger partial charge >= 0.3 is 6.09 Å². The normalized spacial score (nSPS) is 19.2. The molecule has 0 saturated carbocycles. The summed E-state index contributed by atoms with van der Waals surface area (Å²) in [5.74, 6) is 0.717. The predicted octanol–water partition coefficient (Wildman–Crippen LogP) is 2.58. The number of hydrogen-bond donors (Lipinski definition) is 1. The second kappa shape index (κ2) is 5.84. The van der Waals surface area contributed by atoms with Crippen molar-refractivity contribution in [3.05, 3.63) is 36.4 Å². The minimum atomic E-state index is -0.520. The zero-order chi connectivity index (χ0) is 13.8. The number of amides is 1. The molecule has 102 valence electrons. The van der Waals surface area contributed by atoms with Gasteiger partial charge in [-0.2, -0.15) is 0 Å². The molecule has 1 saturated heterocycles. The van der Waals surface area contributed by atoms with E-state index < -0.39 is 6.09 Å². The lowest BCUT2D eigenvalue weighted by Gasteiger charge is -2.15. The van der Waals surface area contributed by atoms with E-state index in [-0.39, 0.29) is 0 Å². The van der Waals surface area contributed by atoms with Crippen LogP contribution in [-0.4, -0.2) is 36.1 Å². The van der Waals surface area contributed by atoms with Gasteiger partial charge in [-0.05, 0) is 39.1 Å². The first-order valence-corrected chi connectivity index (χ1v) is 6.34. The molecule has 19 heavy (non-hydrogen) atoms. The summed E-state index contributed by atoms with van der Waals surface area (Å²) >= 11 is 0. The average Bonchev–Trinajstić information content (AvgIpc) is 2.75. The quantitative estimate of drug-likeness (QED) is 0.850. The highest BCUT2D eigenvalue weighted by atomic mass is 16.6. The topological polar surface area (TPSA) is 54.5 Å². The lowest BCUT2D eigenvalue weighted by Crippen LogP contribution is -2.17. The number of allylic oxidation sites excluding steroid dienone is 1. The number of carbonyl (C=O) groups is 1. The summed E-state index contributed by atoms with van der Waals surface area (Å²) in [6.45, 7) is 7.19. The van der Waals surface area contributed by atoms with Crippen molar-refractivity contribution in [1.29, 1.82) is 0 Å². The second-order valence-electron chi connectivity index (χ2n) is 4.90. The number of ether oxygens (including phenoxy) is 1. The lowest BCUT2D eigenvalue weighted by atomic mass is 10.0. The molecule has 0 bridgehead atoms. The highest BCUT2D eigenvalue weighted by Crippen LogP contribution is 2.29. The van der Waals surface area contributed by atoms with Crippen LogP contribution in [-0.2, 0) is 4.74 Å². The highest BCUT2D eigenvalue weighted by molar-refractivity contribution is 5.86. The molecule has 0 radical (unpaired) electrons. The van der Waals surface area contributed by atoms with Crippen molar-refractivity contribution in [2.45, 2.75) is 19.3 Å². The fraction of sp³-hybridized carbons (Fsp3) is 0.429. The molecule has 2 rings (SSSR count). The van der Waals surface area contributed by atoms with Gasteiger partial charge in [-0.25, -0.2) is 4.79 Å². The number of likely N-dealkylation sites (N-methyl/N-ethyl adjacent to an activating group) is 1. The van der Waals surface area contributed by atoms with Gasteiger partial charge < -0.3 is 9.64 Å². The molecule has 1 fully saturated rings. The smallest absolute Gasteiger partial charge is 0.416 e. The van der Waals surface area contributed by atoms with Crippen LogP contribution in [0.25, 0.3) is 0 Å². The molecule has 1 aromatic heterocycles. The number of anilines is 1. The van der Waals surface area contributed by atoms with Gasteiger partial charge in [-0.1, -0.05) is 6.58 Å². The van der Waals surface area contributed by atoms with Crippen molar-refractivity contribution < 1.29 is 9.53 Å². The van der Waals surface area contributed by atoms with Crippen molar-refractivity contribution in [2.24, 2.45) is 0 Å². The maximum absolute atomic E-state index is 11.6. The minimum Gasteiger partial charge on any atom is -0.416 e. The van der Waals surface area contributed by atoms with Gasteiger partial charge in [0, 0.05) is 18.7 Å². The van der Waals surface area contributed by atoms with Crippen LogP contribution >= 0.6 is 0 Å². The number of hydrogen-bond acceptors (Lipinski definition) is 4. The number of pyridine rings is 1. The number of nitrogens with zero attached hydrogens (tertiary/aromatic N) is 2. The Balaban J connectivity index is 2.12. The first kappa shape index (κ1) is 13.5. The lowest BCUT2D eigenvalue weighted by molar-refractivity contribution is 0.192. The van der Waals surface area contributed by atoms with Gasteiger partial charge in [0.1, 0.15) is 0 Å². The van der Waals surface area contributed by atoms with E-state index >= 15 is 0 Å². The summed E-state index contributed by atoms with van der Waals surface area (Å²) in [7, 11) is 2.09. The Hall–Kier alpha value is -1.88. The molecule has 0 spiro atoms. The zero-order valence-electron chi connectivity index (χ0n) is 11.3. The molecular weight excluding hydrogens is 242 g/mol. The van der Waals surface area contributed by atoms with Crippen LogP contribution < -0.4 is 5.32 Å². The molecule has 1 unspecified atom stereocenters. The molecule has 5 nitrogen and oxygen atoms in total. The molecule has 1 aliphatic heterocycles. The van der Waals surface area contributed by atoms with Gasteiger partial charge in [0.25, 0.3) is 0 Å². The molecule has 1 aliphatic rings. The van der Waals surface area contributed by atoms with Crippen molar-refractivity contribution in [3.63, 3.8) is 0 Å². The van der Waals surface area contributed by atoms with E-state index in [4.69, 9.17) is 4.74 Å². The zero-order valence-corrected chi connectivity index (χ0v) is 11.3. The third-order valence-electron chi connectivity index (χ3n) is 3.12. The number of aromatic nitrogens is 1. The first-order valence-electron chi connectivity index (χ1n) is 6.34. The maximum Gasteiger partial charge on any atom is 0.416 e. The van der Waals surface area contributed by atoms with Gasteiger partial charge in [-0.3, -0.25) is 10.3 Å². The Morgan fingerprint density at radius 3 is 3.05 bits per heavy atom. The van der Waals surface area contributed by atoms with Crippen LogP contribution in [0, 0.1) is 0 Å². The van der Waals surface area contributed by atoms with E-state index in [1.54, 1.807) is 19.2 Å². The largest absolute Gasteiger partial charge is 0.416 e. The summed E-state index contributed by atoms with van der Waals surface area (Å²) < 4.78 is 4.91.